The lowest BCUT2D eigenvalue weighted by atomic mass is 9.66. The molecule has 0 bridgehead atoms. The predicted octanol–water partition coefficient (Wildman–Crippen LogP) is 17.9. The molecule has 1 heterocycles. The summed E-state index contributed by atoms with van der Waals surface area (Å²) >= 11 is 0. The quantitative estimate of drug-likeness (QED) is 0.0437. The summed E-state index contributed by atoms with van der Waals surface area (Å²) in [6.07, 6.45) is 53.8. The molecule has 0 amide bonds. The highest BCUT2D eigenvalue weighted by Gasteiger charge is 2.42. The van der Waals surface area contributed by atoms with Crippen molar-refractivity contribution in [3.05, 3.63) is 90.0 Å². The minimum Gasteiger partial charge on any atom is -0.247 e. The molecule has 2 atom stereocenters. The predicted molar refractivity (Wildman–Crippen MR) is 256 cm³/mol. The lowest BCUT2D eigenvalue weighted by Crippen LogP contribution is -2.43. The van der Waals surface area contributed by atoms with E-state index in [9.17, 15) is 0 Å². The lowest BCUT2D eigenvalue weighted by Gasteiger charge is -2.37. The van der Waals surface area contributed by atoms with Crippen molar-refractivity contribution in [2.45, 2.75) is 263 Å². The van der Waals surface area contributed by atoms with Crippen molar-refractivity contribution in [2.75, 3.05) is 0 Å². The van der Waals surface area contributed by atoms with Gasteiger partial charge in [0.1, 0.15) is 12.4 Å². The lowest BCUT2D eigenvalue weighted by molar-refractivity contribution is -0.705. The standard InChI is InChI=1S/C56H94N2/c1-4-6-8-10-12-14-16-18-20-22-24-26-28-30-32-34-42-49-58-50-48-57-55(58)54(56(3,53-45-39-36-40-46-53)51-52-43-37-35-38-44-52)47-41-33-31-29-27-25-23-21-19-17-15-13-11-9-7-5-2/h35-40,43-46,48,50,54H,4-34,41-42,47,49,51H2,1-3H3/p+1. The van der Waals surface area contributed by atoms with Crippen LogP contribution in [0.3, 0.4) is 0 Å². The molecule has 2 unspecified atom stereocenters. The van der Waals surface area contributed by atoms with Gasteiger partial charge in [-0.25, -0.2) is 9.55 Å². The van der Waals surface area contributed by atoms with Crippen LogP contribution in [0, 0.1) is 0 Å². The van der Waals surface area contributed by atoms with Crippen molar-refractivity contribution in [1.29, 1.82) is 0 Å². The molecule has 3 rings (SSSR count). The van der Waals surface area contributed by atoms with Crippen LogP contribution in [-0.2, 0) is 18.4 Å². The van der Waals surface area contributed by atoms with Gasteiger partial charge in [0.25, 0.3) is 5.82 Å². The number of aromatic amines is 1. The van der Waals surface area contributed by atoms with E-state index >= 15 is 0 Å². The molecule has 1 aromatic heterocycles. The smallest absolute Gasteiger partial charge is 0.247 e. The molecule has 0 aliphatic heterocycles. The Morgan fingerprint density at radius 1 is 0.448 bits per heavy atom. The maximum atomic E-state index is 3.84. The number of rotatable bonds is 40. The molecule has 1 N–H and O–H groups in total. The van der Waals surface area contributed by atoms with Gasteiger partial charge >= 0.3 is 0 Å². The summed E-state index contributed by atoms with van der Waals surface area (Å²) in [5.41, 5.74) is 2.91. The van der Waals surface area contributed by atoms with E-state index < -0.39 is 0 Å². The van der Waals surface area contributed by atoms with Gasteiger partial charge in [0.05, 0.1) is 12.5 Å². The maximum absolute atomic E-state index is 3.84. The first-order chi connectivity index (χ1) is 28.7. The second-order valence-corrected chi connectivity index (χ2v) is 18.8. The zero-order valence-electron chi connectivity index (χ0n) is 38.9. The SMILES string of the molecule is CCCCCCCCCCCCCCCCCCC[n+]1cc[nH]c1C(CCCCCCCCCCCCCCCCCC)C(C)(Cc1ccccc1)c1ccccc1. The van der Waals surface area contributed by atoms with Gasteiger partial charge in [-0.15, -0.1) is 0 Å². The van der Waals surface area contributed by atoms with E-state index in [4.69, 9.17) is 0 Å². The van der Waals surface area contributed by atoms with Crippen LogP contribution in [0.15, 0.2) is 73.1 Å². The molecule has 0 saturated heterocycles. The summed E-state index contributed by atoms with van der Waals surface area (Å²) in [4.78, 5) is 3.84. The van der Waals surface area contributed by atoms with Crippen LogP contribution in [0.4, 0.5) is 0 Å². The first-order valence-corrected chi connectivity index (χ1v) is 25.8. The van der Waals surface area contributed by atoms with Gasteiger partial charge in [0.15, 0.2) is 0 Å². The first kappa shape index (κ1) is 50.0. The minimum atomic E-state index is -0.00102. The zero-order valence-corrected chi connectivity index (χ0v) is 38.9. The Hall–Kier alpha value is -2.35. The molecule has 0 fully saturated rings. The van der Waals surface area contributed by atoms with E-state index in [1.54, 1.807) is 0 Å². The average molecular weight is 796 g/mol. The number of benzene rings is 2. The fraction of sp³-hybridized carbons (Fsp3) is 0.732. The van der Waals surface area contributed by atoms with Crippen LogP contribution in [0.25, 0.3) is 0 Å². The van der Waals surface area contributed by atoms with Crippen molar-refractivity contribution in [3.63, 3.8) is 0 Å². The molecule has 3 aromatic rings. The topological polar surface area (TPSA) is 19.7 Å². The molecule has 0 spiro atoms. The van der Waals surface area contributed by atoms with Crippen LogP contribution < -0.4 is 4.57 Å². The molecule has 2 heteroatoms. The Kier molecular flexibility index (Phi) is 29.6. The van der Waals surface area contributed by atoms with Crippen molar-refractivity contribution in [3.8, 4) is 0 Å². The molecule has 2 aromatic carbocycles. The monoisotopic (exact) mass is 796 g/mol. The zero-order chi connectivity index (χ0) is 41.0. The van der Waals surface area contributed by atoms with Crippen molar-refractivity contribution < 1.29 is 4.57 Å². The summed E-state index contributed by atoms with van der Waals surface area (Å²) in [7, 11) is 0. The van der Waals surface area contributed by atoms with Gasteiger partial charge in [-0.2, -0.15) is 0 Å². The van der Waals surface area contributed by atoms with Crippen molar-refractivity contribution in [1.82, 2.24) is 4.98 Å². The number of H-pyrrole nitrogens is 1. The maximum Gasteiger partial charge on any atom is 0.258 e. The summed E-state index contributed by atoms with van der Waals surface area (Å²) in [6.45, 7) is 8.31. The average Bonchev–Trinajstić information content (AvgIpc) is 3.71. The van der Waals surface area contributed by atoms with Crippen molar-refractivity contribution >= 4 is 0 Å². The number of aryl methyl sites for hydroxylation is 1. The highest BCUT2D eigenvalue weighted by Crippen LogP contribution is 2.43. The molecule has 0 aliphatic carbocycles. The number of imidazole rings is 1. The molecule has 0 saturated carbocycles. The van der Waals surface area contributed by atoms with Crippen molar-refractivity contribution in [2.24, 2.45) is 0 Å². The molecule has 2 nitrogen and oxygen atoms in total. The summed E-state index contributed by atoms with van der Waals surface area (Å²) in [5, 5.41) is 0. The van der Waals surface area contributed by atoms with E-state index in [0.29, 0.717) is 5.92 Å². The fourth-order valence-electron chi connectivity index (χ4n) is 9.80. The number of nitrogens with one attached hydrogen (secondary N) is 1. The molecular formula is C56H95N2+. The Bertz CT molecular complexity index is 1300. The highest BCUT2D eigenvalue weighted by molar-refractivity contribution is 5.32. The summed E-state index contributed by atoms with van der Waals surface area (Å²) in [5.74, 6) is 1.88. The highest BCUT2D eigenvalue weighted by atomic mass is 15.1. The minimum absolute atomic E-state index is 0.00102. The van der Waals surface area contributed by atoms with E-state index in [-0.39, 0.29) is 5.41 Å². The third-order valence-corrected chi connectivity index (χ3v) is 13.6. The number of aromatic nitrogens is 2. The second-order valence-electron chi connectivity index (χ2n) is 18.8. The van der Waals surface area contributed by atoms with Gasteiger partial charge in [-0.3, -0.25) is 0 Å². The second kappa shape index (κ2) is 34.4. The van der Waals surface area contributed by atoms with Gasteiger partial charge in [0.2, 0.25) is 0 Å². The molecule has 58 heavy (non-hydrogen) atoms. The normalized spacial score (nSPS) is 13.2. The number of nitrogens with zero attached hydrogens (tertiary/aromatic N) is 1. The van der Waals surface area contributed by atoms with Crippen LogP contribution in [-0.4, -0.2) is 4.98 Å². The number of hydrogen-bond acceptors (Lipinski definition) is 0. The molecular weight excluding hydrogens is 701 g/mol. The van der Waals surface area contributed by atoms with E-state index in [1.165, 1.54) is 235 Å². The van der Waals surface area contributed by atoms with Crippen LogP contribution in [0.1, 0.15) is 262 Å². The molecule has 0 aliphatic rings. The number of hydrogen-bond donors (Lipinski definition) is 1. The molecule has 328 valence electrons. The number of unbranched alkanes of at least 4 members (excludes halogenated alkanes) is 31. The Balaban J connectivity index is 1.43. The largest absolute Gasteiger partial charge is 0.258 e. The van der Waals surface area contributed by atoms with Gasteiger partial charge in [0, 0.05) is 5.41 Å². The first-order valence-electron chi connectivity index (χ1n) is 25.8. The third kappa shape index (κ3) is 22.3. The summed E-state index contributed by atoms with van der Waals surface area (Å²) < 4.78 is 2.61. The van der Waals surface area contributed by atoms with E-state index in [1.807, 2.05) is 0 Å². The van der Waals surface area contributed by atoms with Crippen LogP contribution in [0.2, 0.25) is 0 Å². The fourth-order valence-corrected chi connectivity index (χ4v) is 9.80. The third-order valence-electron chi connectivity index (χ3n) is 13.6. The molecule has 0 radical (unpaired) electrons. The van der Waals surface area contributed by atoms with E-state index in [2.05, 4.69) is 103 Å². The van der Waals surface area contributed by atoms with Crippen LogP contribution in [0.5, 0.6) is 0 Å². The van der Waals surface area contributed by atoms with E-state index in [0.717, 1.165) is 13.0 Å². The Morgan fingerprint density at radius 2 is 0.810 bits per heavy atom. The van der Waals surface area contributed by atoms with Gasteiger partial charge < -0.3 is 0 Å². The summed E-state index contributed by atoms with van der Waals surface area (Å²) in [6, 6.07) is 22.8. The van der Waals surface area contributed by atoms with Crippen LogP contribution >= 0.6 is 0 Å². The Morgan fingerprint density at radius 3 is 1.22 bits per heavy atom. The Labute approximate surface area is 361 Å². The van der Waals surface area contributed by atoms with Gasteiger partial charge in [-0.05, 0) is 36.8 Å². The van der Waals surface area contributed by atoms with Gasteiger partial charge in [-0.1, -0.05) is 280 Å².